The third kappa shape index (κ3) is 4.45. The molecule has 1 aromatic carbocycles. The number of benzene rings is 1. The van der Waals surface area contributed by atoms with Crippen LogP contribution in [-0.4, -0.2) is 32.5 Å². The van der Waals surface area contributed by atoms with Gasteiger partial charge in [-0.1, -0.05) is 0 Å². The average molecular weight is 350 g/mol. The van der Waals surface area contributed by atoms with Crippen molar-refractivity contribution in [3.8, 4) is 11.6 Å². The van der Waals surface area contributed by atoms with Crippen LogP contribution in [0.25, 0.3) is 0 Å². The molecule has 8 heteroatoms. The molecule has 0 radical (unpaired) electrons. The Morgan fingerprint density at radius 2 is 1.79 bits per heavy atom. The number of amides is 1. The van der Waals surface area contributed by atoms with Crippen molar-refractivity contribution in [2.24, 2.45) is 0 Å². The molecule has 24 heavy (non-hydrogen) atoms. The van der Waals surface area contributed by atoms with Gasteiger partial charge in [-0.05, 0) is 44.2 Å². The summed E-state index contributed by atoms with van der Waals surface area (Å²) in [5, 5.41) is 0. The molecule has 0 fully saturated rings. The van der Waals surface area contributed by atoms with Crippen molar-refractivity contribution >= 4 is 15.9 Å². The number of nitrogens with one attached hydrogen (secondary N) is 1. The molecular weight excluding hydrogens is 332 g/mol. The van der Waals surface area contributed by atoms with Crippen LogP contribution in [0.4, 0.5) is 0 Å². The first-order valence-corrected chi connectivity index (χ1v) is 8.64. The van der Waals surface area contributed by atoms with Crippen molar-refractivity contribution in [1.29, 1.82) is 0 Å². The number of hydrogen-bond donors (Lipinski definition) is 1. The molecule has 0 saturated carbocycles. The van der Waals surface area contributed by atoms with Crippen molar-refractivity contribution in [3.63, 3.8) is 0 Å². The van der Waals surface area contributed by atoms with E-state index in [2.05, 4.69) is 4.98 Å². The van der Waals surface area contributed by atoms with Crippen molar-refractivity contribution in [2.75, 3.05) is 7.11 Å². The number of carbonyl (C=O) groups is 1. The lowest BCUT2D eigenvalue weighted by Gasteiger charge is -2.10. The number of nitrogens with zero attached hydrogens (tertiary/aromatic N) is 1. The highest BCUT2D eigenvalue weighted by atomic mass is 32.2. The molecule has 1 N–H and O–H groups in total. The van der Waals surface area contributed by atoms with Crippen LogP contribution in [0.2, 0.25) is 0 Å². The summed E-state index contributed by atoms with van der Waals surface area (Å²) in [5.41, 5.74) is 0.114. The molecule has 2 rings (SSSR count). The summed E-state index contributed by atoms with van der Waals surface area (Å²) in [6.07, 6.45) is 1.21. The molecule has 7 nitrogen and oxygen atoms in total. The summed E-state index contributed by atoms with van der Waals surface area (Å²) in [4.78, 5) is 16.0. The first-order valence-electron chi connectivity index (χ1n) is 7.16. The van der Waals surface area contributed by atoms with E-state index in [9.17, 15) is 13.2 Å². The SMILES string of the molecule is COc1ccc(S(=O)(=O)NC(=O)c2ccc(OC(C)C)nc2)cc1. The van der Waals surface area contributed by atoms with E-state index in [4.69, 9.17) is 9.47 Å². The van der Waals surface area contributed by atoms with Crippen molar-refractivity contribution in [1.82, 2.24) is 9.71 Å². The predicted octanol–water partition coefficient (Wildman–Crippen LogP) is 2.00. The number of rotatable bonds is 6. The summed E-state index contributed by atoms with van der Waals surface area (Å²) < 4.78 is 36.8. The highest BCUT2D eigenvalue weighted by Crippen LogP contribution is 2.16. The lowest BCUT2D eigenvalue weighted by Crippen LogP contribution is -2.30. The van der Waals surface area contributed by atoms with E-state index in [1.165, 1.54) is 49.7 Å². The zero-order valence-corrected chi connectivity index (χ0v) is 14.3. The number of sulfonamides is 1. The molecule has 0 aliphatic rings. The molecule has 0 bridgehead atoms. The van der Waals surface area contributed by atoms with Crippen LogP contribution in [0.3, 0.4) is 0 Å². The van der Waals surface area contributed by atoms with Gasteiger partial charge in [0.15, 0.2) is 0 Å². The number of methoxy groups -OCH3 is 1. The number of aromatic nitrogens is 1. The number of ether oxygens (including phenoxy) is 2. The predicted molar refractivity (Wildman–Crippen MR) is 87.6 cm³/mol. The molecule has 0 unspecified atom stereocenters. The number of pyridine rings is 1. The van der Waals surface area contributed by atoms with Gasteiger partial charge in [-0.2, -0.15) is 0 Å². The largest absolute Gasteiger partial charge is 0.497 e. The smallest absolute Gasteiger partial charge is 0.266 e. The third-order valence-electron chi connectivity index (χ3n) is 2.95. The van der Waals surface area contributed by atoms with Gasteiger partial charge in [-0.25, -0.2) is 18.1 Å². The lowest BCUT2D eigenvalue weighted by molar-refractivity contribution is 0.0981. The van der Waals surface area contributed by atoms with Gasteiger partial charge in [0, 0.05) is 12.3 Å². The molecule has 0 aliphatic carbocycles. The van der Waals surface area contributed by atoms with Crippen molar-refractivity contribution in [2.45, 2.75) is 24.8 Å². The van der Waals surface area contributed by atoms with Gasteiger partial charge >= 0.3 is 0 Å². The Hall–Kier alpha value is -2.61. The van der Waals surface area contributed by atoms with Gasteiger partial charge in [0.1, 0.15) is 5.75 Å². The van der Waals surface area contributed by atoms with Gasteiger partial charge in [0.05, 0.1) is 23.7 Å². The lowest BCUT2D eigenvalue weighted by atomic mass is 10.3. The van der Waals surface area contributed by atoms with Crippen molar-refractivity contribution < 1.29 is 22.7 Å². The minimum absolute atomic E-state index is 0.0376. The van der Waals surface area contributed by atoms with E-state index in [1.54, 1.807) is 0 Å². The Morgan fingerprint density at radius 1 is 1.12 bits per heavy atom. The van der Waals surface area contributed by atoms with E-state index in [0.717, 1.165) is 0 Å². The van der Waals surface area contributed by atoms with Gasteiger partial charge in [-0.15, -0.1) is 0 Å². The minimum Gasteiger partial charge on any atom is -0.497 e. The highest BCUT2D eigenvalue weighted by molar-refractivity contribution is 7.90. The van der Waals surface area contributed by atoms with Crippen LogP contribution in [0.1, 0.15) is 24.2 Å². The maximum atomic E-state index is 12.2. The Bertz CT molecular complexity index is 799. The topological polar surface area (TPSA) is 94.6 Å². The Labute approximate surface area is 140 Å². The Kier molecular flexibility index (Phi) is 5.40. The highest BCUT2D eigenvalue weighted by Gasteiger charge is 2.19. The number of carbonyl (C=O) groups excluding carboxylic acids is 1. The van der Waals surface area contributed by atoms with Crippen LogP contribution in [0.5, 0.6) is 11.6 Å². The first kappa shape index (κ1) is 17.7. The Morgan fingerprint density at radius 3 is 2.29 bits per heavy atom. The van der Waals surface area contributed by atoms with E-state index < -0.39 is 15.9 Å². The molecule has 0 saturated heterocycles. The fourth-order valence-corrected chi connectivity index (χ4v) is 2.79. The summed E-state index contributed by atoms with van der Waals surface area (Å²) >= 11 is 0. The zero-order chi connectivity index (χ0) is 17.7. The Balaban J connectivity index is 2.12. The molecule has 0 atom stereocenters. The minimum atomic E-state index is -3.98. The van der Waals surface area contributed by atoms with Crippen LogP contribution >= 0.6 is 0 Å². The van der Waals surface area contributed by atoms with E-state index in [-0.39, 0.29) is 16.6 Å². The second kappa shape index (κ2) is 7.31. The zero-order valence-electron chi connectivity index (χ0n) is 13.5. The van der Waals surface area contributed by atoms with Crippen LogP contribution in [-0.2, 0) is 10.0 Å². The number of hydrogen-bond acceptors (Lipinski definition) is 6. The maximum Gasteiger partial charge on any atom is 0.266 e. The molecule has 0 aliphatic heterocycles. The first-order chi connectivity index (χ1) is 11.3. The summed E-state index contributed by atoms with van der Waals surface area (Å²) in [6, 6.07) is 8.66. The maximum absolute atomic E-state index is 12.2. The van der Waals surface area contributed by atoms with Gasteiger partial charge in [-0.3, -0.25) is 4.79 Å². The van der Waals surface area contributed by atoms with Crippen LogP contribution in [0, 0.1) is 0 Å². The van der Waals surface area contributed by atoms with Gasteiger partial charge < -0.3 is 9.47 Å². The normalized spacial score (nSPS) is 11.2. The fraction of sp³-hybridized carbons (Fsp3) is 0.250. The average Bonchev–Trinajstić information content (AvgIpc) is 2.54. The van der Waals surface area contributed by atoms with E-state index >= 15 is 0 Å². The van der Waals surface area contributed by atoms with Crippen LogP contribution in [0.15, 0.2) is 47.5 Å². The molecule has 1 amide bonds. The monoisotopic (exact) mass is 350 g/mol. The van der Waals surface area contributed by atoms with Gasteiger partial charge in [0.25, 0.3) is 15.9 Å². The standard InChI is InChI=1S/C16H18N2O5S/c1-11(2)23-15-9-4-12(10-17-15)16(19)18-24(20,21)14-7-5-13(22-3)6-8-14/h4-11H,1-3H3,(H,18,19). The molecule has 0 spiro atoms. The molecule has 1 heterocycles. The van der Waals surface area contributed by atoms with E-state index in [0.29, 0.717) is 11.6 Å². The summed E-state index contributed by atoms with van der Waals surface area (Å²) in [6.45, 7) is 3.70. The molecule has 2 aromatic rings. The molecular formula is C16H18N2O5S. The van der Waals surface area contributed by atoms with Crippen LogP contribution < -0.4 is 14.2 Å². The fourth-order valence-electron chi connectivity index (χ4n) is 1.82. The quantitative estimate of drug-likeness (QED) is 0.856. The molecule has 1 aromatic heterocycles. The van der Waals surface area contributed by atoms with Crippen molar-refractivity contribution in [3.05, 3.63) is 48.2 Å². The second-order valence-electron chi connectivity index (χ2n) is 5.16. The van der Waals surface area contributed by atoms with E-state index in [1.807, 2.05) is 18.6 Å². The molecule has 128 valence electrons. The summed E-state index contributed by atoms with van der Waals surface area (Å²) in [5.74, 6) is 0.110. The second-order valence-corrected chi connectivity index (χ2v) is 6.84. The van der Waals surface area contributed by atoms with Gasteiger partial charge in [0.2, 0.25) is 5.88 Å². The third-order valence-corrected chi connectivity index (χ3v) is 4.30. The summed E-state index contributed by atoms with van der Waals surface area (Å²) in [7, 11) is -2.50.